The van der Waals surface area contributed by atoms with Crippen molar-refractivity contribution in [3.8, 4) is 5.75 Å². The Labute approximate surface area is 129 Å². The van der Waals surface area contributed by atoms with Crippen LogP contribution in [-0.4, -0.2) is 19.1 Å². The monoisotopic (exact) mass is 303 g/mol. The van der Waals surface area contributed by atoms with Crippen LogP contribution in [0.4, 0.5) is 0 Å². The molecule has 5 heteroatoms. The molecule has 21 heavy (non-hydrogen) atoms. The minimum absolute atomic E-state index is 0.470. The predicted octanol–water partition coefficient (Wildman–Crippen LogP) is 2.79. The number of benzene rings is 1. The number of ether oxygens (including phenoxy) is 1. The minimum atomic E-state index is 0.470. The van der Waals surface area contributed by atoms with Gasteiger partial charge in [-0.05, 0) is 30.9 Å². The van der Waals surface area contributed by atoms with Gasteiger partial charge in [0.1, 0.15) is 5.75 Å². The van der Waals surface area contributed by atoms with Crippen molar-refractivity contribution in [1.82, 2.24) is 5.32 Å². The molecule has 0 radical (unpaired) electrons. The Morgan fingerprint density at radius 2 is 2.14 bits per heavy atom. The van der Waals surface area contributed by atoms with Gasteiger partial charge < -0.3 is 15.8 Å². The first kappa shape index (κ1) is 15.4. The van der Waals surface area contributed by atoms with E-state index in [0.29, 0.717) is 19.1 Å². The lowest BCUT2D eigenvalue weighted by Gasteiger charge is -2.09. The van der Waals surface area contributed by atoms with Crippen molar-refractivity contribution < 1.29 is 4.74 Å². The zero-order chi connectivity index (χ0) is 14.9. The second-order valence-corrected chi connectivity index (χ2v) is 5.53. The number of thiophene rings is 1. The molecule has 2 aromatic rings. The largest absolute Gasteiger partial charge is 0.494 e. The molecule has 1 aromatic heterocycles. The van der Waals surface area contributed by atoms with Crippen molar-refractivity contribution in [1.29, 1.82) is 0 Å². The quantitative estimate of drug-likeness (QED) is 0.611. The summed E-state index contributed by atoms with van der Waals surface area (Å²) in [5.41, 5.74) is 6.93. The summed E-state index contributed by atoms with van der Waals surface area (Å²) in [5.74, 6) is 1.34. The van der Waals surface area contributed by atoms with Crippen molar-refractivity contribution in [3.05, 3.63) is 52.2 Å². The Bertz CT molecular complexity index is 567. The first-order valence-corrected chi connectivity index (χ1v) is 7.94. The van der Waals surface area contributed by atoms with Gasteiger partial charge in [0.25, 0.3) is 0 Å². The molecule has 4 nitrogen and oxygen atoms in total. The number of nitrogens with two attached hydrogens (primary N) is 1. The Balaban J connectivity index is 1.82. The van der Waals surface area contributed by atoms with E-state index in [2.05, 4.69) is 27.8 Å². The molecular weight excluding hydrogens is 282 g/mol. The summed E-state index contributed by atoms with van der Waals surface area (Å²) in [6, 6.07) is 12.1. The summed E-state index contributed by atoms with van der Waals surface area (Å²) in [4.78, 5) is 5.71. The van der Waals surface area contributed by atoms with Crippen molar-refractivity contribution in [2.75, 3.05) is 13.2 Å². The number of hydrogen-bond acceptors (Lipinski definition) is 3. The van der Waals surface area contributed by atoms with Gasteiger partial charge in [-0.15, -0.1) is 11.3 Å². The molecule has 1 aromatic carbocycles. The number of guanidine groups is 1. The Morgan fingerprint density at radius 3 is 2.90 bits per heavy atom. The second-order valence-electron chi connectivity index (χ2n) is 4.50. The molecule has 0 atom stereocenters. The van der Waals surface area contributed by atoms with Gasteiger partial charge in [-0.2, -0.15) is 0 Å². The lowest BCUT2D eigenvalue weighted by Crippen LogP contribution is -2.33. The van der Waals surface area contributed by atoms with E-state index in [1.165, 1.54) is 4.88 Å². The van der Waals surface area contributed by atoms with Crippen molar-refractivity contribution in [3.63, 3.8) is 0 Å². The highest BCUT2D eigenvalue weighted by Gasteiger charge is 2.01. The maximum absolute atomic E-state index is 5.89. The molecular formula is C16H21N3OS. The SMILES string of the molecule is CCOc1ccccc1CN=C(N)NCCc1cccs1. The maximum Gasteiger partial charge on any atom is 0.188 e. The molecule has 0 unspecified atom stereocenters. The summed E-state index contributed by atoms with van der Waals surface area (Å²) in [5, 5.41) is 5.22. The van der Waals surface area contributed by atoms with Crippen molar-refractivity contribution >= 4 is 17.3 Å². The van der Waals surface area contributed by atoms with Crippen LogP contribution in [-0.2, 0) is 13.0 Å². The molecule has 0 spiro atoms. The van der Waals surface area contributed by atoms with E-state index in [1.54, 1.807) is 11.3 Å². The summed E-state index contributed by atoms with van der Waals surface area (Å²) < 4.78 is 5.57. The van der Waals surface area contributed by atoms with E-state index < -0.39 is 0 Å². The highest BCUT2D eigenvalue weighted by molar-refractivity contribution is 7.09. The normalized spacial score (nSPS) is 11.4. The summed E-state index contributed by atoms with van der Waals surface area (Å²) in [6.07, 6.45) is 0.962. The van der Waals surface area contributed by atoms with Crippen molar-refractivity contribution in [2.45, 2.75) is 19.9 Å². The molecule has 0 bridgehead atoms. The average Bonchev–Trinajstić information content (AvgIpc) is 3.00. The van der Waals surface area contributed by atoms with Gasteiger partial charge in [0, 0.05) is 17.0 Å². The number of aliphatic imine (C=N–C) groups is 1. The fourth-order valence-corrected chi connectivity index (χ4v) is 2.63. The maximum atomic E-state index is 5.89. The lowest BCUT2D eigenvalue weighted by atomic mass is 10.2. The third-order valence-electron chi connectivity index (χ3n) is 2.95. The molecule has 0 aliphatic heterocycles. The zero-order valence-electron chi connectivity index (χ0n) is 12.2. The minimum Gasteiger partial charge on any atom is -0.494 e. The van der Waals surface area contributed by atoms with Gasteiger partial charge in [0.2, 0.25) is 0 Å². The molecule has 3 N–H and O–H groups in total. The van der Waals surface area contributed by atoms with E-state index in [4.69, 9.17) is 10.5 Å². The van der Waals surface area contributed by atoms with Gasteiger partial charge in [-0.25, -0.2) is 4.99 Å². The molecule has 0 fully saturated rings. The van der Waals surface area contributed by atoms with Crippen LogP contribution in [0.5, 0.6) is 5.75 Å². The fourth-order valence-electron chi connectivity index (χ4n) is 1.93. The summed E-state index contributed by atoms with van der Waals surface area (Å²) in [6.45, 7) is 3.94. The van der Waals surface area contributed by atoms with E-state index in [1.807, 2.05) is 31.2 Å². The molecule has 0 saturated carbocycles. The van der Waals surface area contributed by atoms with Crippen molar-refractivity contribution in [2.24, 2.45) is 10.7 Å². The van der Waals surface area contributed by atoms with E-state index in [0.717, 1.165) is 24.3 Å². The van der Waals surface area contributed by atoms with Gasteiger partial charge in [0.05, 0.1) is 13.2 Å². The second kappa shape index (κ2) is 8.32. The molecule has 0 aliphatic rings. The van der Waals surface area contributed by atoms with Crippen LogP contribution >= 0.6 is 11.3 Å². The molecule has 2 rings (SSSR count). The highest BCUT2D eigenvalue weighted by Crippen LogP contribution is 2.18. The van der Waals surface area contributed by atoms with E-state index in [9.17, 15) is 0 Å². The highest BCUT2D eigenvalue weighted by atomic mass is 32.1. The summed E-state index contributed by atoms with van der Waals surface area (Å²) >= 11 is 1.76. The number of nitrogens with one attached hydrogen (secondary N) is 1. The Morgan fingerprint density at radius 1 is 1.29 bits per heavy atom. The molecule has 1 heterocycles. The molecule has 0 aliphatic carbocycles. The van der Waals surface area contributed by atoms with Crippen LogP contribution in [0.2, 0.25) is 0 Å². The predicted molar refractivity (Wildman–Crippen MR) is 89.0 cm³/mol. The van der Waals surface area contributed by atoms with Gasteiger partial charge in [-0.1, -0.05) is 24.3 Å². The number of rotatable bonds is 7. The first-order chi connectivity index (χ1) is 10.3. The van der Waals surface area contributed by atoms with E-state index in [-0.39, 0.29) is 0 Å². The topological polar surface area (TPSA) is 59.6 Å². The smallest absolute Gasteiger partial charge is 0.188 e. The number of nitrogens with zero attached hydrogens (tertiary/aromatic N) is 1. The van der Waals surface area contributed by atoms with Crippen LogP contribution in [0.1, 0.15) is 17.4 Å². The first-order valence-electron chi connectivity index (χ1n) is 7.06. The zero-order valence-corrected chi connectivity index (χ0v) is 13.0. The van der Waals surface area contributed by atoms with Crippen LogP contribution in [0, 0.1) is 0 Å². The van der Waals surface area contributed by atoms with Crippen LogP contribution in [0.3, 0.4) is 0 Å². The third kappa shape index (κ3) is 5.11. The average molecular weight is 303 g/mol. The lowest BCUT2D eigenvalue weighted by molar-refractivity contribution is 0.336. The standard InChI is InChI=1S/C16H21N3OS/c1-2-20-15-8-4-3-6-13(15)12-19-16(17)18-10-9-14-7-5-11-21-14/h3-8,11H,2,9-10,12H2,1H3,(H3,17,18,19). The van der Waals surface area contributed by atoms with Crippen LogP contribution < -0.4 is 15.8 Å². The van der Waals surface area contributed by atoms with Gasteiger partial charge in [-0.3, -0.25) is 0 Å². The van der Waals surface area contributed by atoms with Crippen LogP contribution in [0.15, 0.2) is 46.8 Å². The molecule has 0 saturated heterocycles. The third-order valence-corrected chi connectivity index (χ3v) is 3.89. The molecule has 0 amide bonds. The van der Waals surface area contributed by atoms with Gasteiger partial charge >= 0.3 is 0 Å². The fraction of sp³-hybridized carbons (Fsp3) is 0.312. The van der Waals surface area contributed by atoms with Crippen LogP contribution in [0.25, 0.3) is 0 Å². The van der Waals surface area contributed by atoms with E-state index >= 15 is 0 Å². The Kier molecular flexibility index (Phi) is 6.09. The summed E-state index contributed by atoms with van der Waals surface area (Å²) in [7, 11) is 0. The molecule has 112 valence electrons. The van der Waals surface area contributed by atoms with Gasteiger partial charge in [0.15, 0.2) is 5.96 Å². The number of para-hydroxylation sites is 1. The Hall–Kier alpha value is -2.01. The number of hydrogen-bond donors (Lipinski definition) is 2.